The predicted molar refractivity (Wildman–Crippen MR) is 109 cm³/mol. The Balaban J connectivity index is 1.41. The zero-order valence-electron chi connectivity index (χ0n) is 14.7. The summed E-state index contributed by atoms with van der Waals surface area (Å²) in [6, 6.07) is 8.04. The number of rotatable bonds is 4. The maximum Gasteiger partial charge on any atom is 0.338 e. The van der Waals surface area contributed by atoms with Crippen molar-refractivity contribution in [2.45, 2.75) is 4.90 Å². The molecule has 0 spiro atoms. The second kappa shape index (κ2) is 7.65. The molecule has 0 unspecified atom stereocenters. The fraction of sp³-hybridized carbons (Fsp3) is 0.176. The average Bonchev–Trinajstić information content (AvgIpc) is 3.03. The third kappa shape index (κ3) is 4.21. The number of ether oxygens (including phenoxy) is 1. The lowest BCUT2D eigenvalue weighted by molar-refractivity contribution is -0.119. The lowest BCUT2D eigenvalue weighted by atomic mass is 10.2. The van der Waals surface area contributed by atoms with Crippen LogP contribution < -0.4 is 10.2 Å². The molecule has 0 fully saturated rings. The lowest BCUT2D eigenvalue weighted by Crippen LogP contribution is -2.35. The van der Waals surface area contributed by atoms with E-state index in [1.807, 2.05) is 0 Å². The van der Waals surface area contributed by atoms with Crippen LogP contribution in [0, 0.1) is 0 Å². The Bertz CT molecular complexity index is 1150. The van der Waals surface area contributed by atoms with Crippen LogP contribution >= 0.6 is 23.4 Å². The van der Waals surface area contributed by atoms with Crippen LogP contribution in [-0.4, -0.2) is 49.4 Å². The number of hydrogen-bond acceptors (Lipinski definition) is 8. The van der Waals surface area contributed by atoms with Gasteiger partial charge in [0.05, 0.1) is 22.7 Å². The molecule has 0 saturated heterocycles. The molecule has 12 heteroatoms. The third-order valence-electron chi connectivity index (χ3n) is 4.08. The highest BCUT2D eigenvalue weighted by molar-refractivity contribution is 8.15. The molecule has 2 aliphatic heterocycles. The second-order valence-corrected chi connectivity index (χ2v) is 9.18. The number of carbonyl (C=O) groups excluding carboxylic acids is 2. The van der Waals surface area contributed by atoms with Crippen LogP contribution in [0.3, 0.4) is 0 Å². The number of esters is 1. The van der Waals surface area contributed by atoms with E-state index in [2.05, 4.69) is 14.7 Å². The van der Waals surface area contributed by atoms with Crippen LogP contribution in [0.4, 0.5) is 11.4 Å². The Morgan fingerprint density at radius 3 is 2.93 bits per heavy atom. The monoisotopic (exact) mass is 452 g/mol. The van der Waals surface area contributed by atoms with Crippen LogP contribution in [0.2, 0.25) is 5.15 Å². The summed E-state index contributed by atoms with van der Waals surface area (Å²) in [6.45, 7) is -0.187. The smallest absolute Gasteiger partial charge is 0.338 e. The van der Waals surface area contributed by atoms with Crippen LogP contribution in [0.5, 0.6) is 0 Å². The van der Waals surface area contributed by atoms with Crippen molar-refractivity contribution in [1.82, 2.24) is 4.98 Å². The van der Waals surface area contributed by atoms with Crippen molar-refractivity contribution < 1.29 is 22.7 Å². The van der Waals surface area contributed by atoms with Crippen molar-refractivity contribution >= 4 is 61.8 Å². The van der Waals surface area contributed by atoms with Gasteiger partial charge >= 0.3 is 5.97 Å². The molecule has 1 aromatic carbocycles. The van der Waals surface area contributed by atoms with E-state index in [1.54, 1.807) is 35.2 Å². The van der Waals surface area contributed by atoms with Gasteiger partial charge in [0.1, 0.15) is 0 Å². The number of pyridine rings is 1. The molecular weight excluding hydrogens is 440 g/mol. The number of nitrogens with one attached hydrogen (secondary N) is 1. The first-order valence-corrected chi connectivity index (χ1v) is 11.1. The molecule has 1 amide bonds. The number of fused-ring (bicyclic) bond motifs is 3. The van der Waals surface area contributed by atoms with E-state index in [4.69, 9.17) is 16.3 Å². The van der Waals surface area contributed by atoms with Gasteiger partial charge in [-0.05, 0) is 42.1 Å². The van der Waals surface area contributed by atoms with Crippen molar-refractivity contribution in [2.75, 3.05) is 29.1 Å². The van der Waals surface area contributed by atoms with E-state index in [0.717, 1.165) is 5.69 Å². The molecule has 0 saturated carbocycles. The summed E-state index contributed by atoms with van der Waals surface area (Å²) in [4.78, 5) is 30.6. The number of sulfonamides is 1. The quantitative estimate of drug-likeness (QED) is 0.553. The van der Waals surface area contributed by atoms with E-state index in [9.17, 15) is 18.0 Å². The highest BCUT2D eigenvalue weighted by Crippen LogP contribution is 2.42. The highest BCUT2D eigenvalue weighted by atomic mass is 35.5. The minimum atomic E-state index is -3.45. The molecule has 0 atom stereocenters. The summed E-state index contributed by atoms with van der Waals surface area (Å²) in [5.74, 6) is -1.29. The molecule has 9 nitrogen and oxygen atoms in total. The molecule has 29 heavy (non-hydrogen) atoms. The van der Waals surface area contributed by atoms with Gasteiger partial charge in [-0.25, -0.2) is 18.2 Å². The summed E-state index contributed by atoms with van der Waals surface area (Å²) in [5, 5.41) is 3.00. The van der Waals surface area contributed by atoms with Gasteiger partial charge in [0.2, 0.25) is 0 Å². The van der Waals surface area contributed by atoms with Crippen LogP contribution in [0.1, 0.15) is 10.4 Å². The number of anilines is 2. The van der Waals surface area contributed by atoms with Gasteiger partial charge in [0.15, 0.2) is 16.9 Å². The molecule has 0 bridgehead atoms. The molecule has 150 valence electrons. The molecule has 4 rings (SSSR count). The predicted octanol–water partition coefficient (Wildman–Crippen LogP) is 2.14. The zero-order valence-corrected chi connectivity index (χ0v) is 17.1. The van der Waals surface area contributed by atoms with Crippen molar-refractivity contribution in [3.05, 3.63) is 47.2 Å². The first kappa shape index (κ1) is 19.7. The van der Waals surface area contributed by atoms with Gasteiger partial charge in [-0.15, -0.1) is 4.40 Å². The van der Waals surface area contributed by atoms with Gasteiger partial charge in [-0.2, -0.15) is 0 Å². The van der Waals surface area contributed by atoms with Gasteiger partial charge in [0, 0.05) is 17.6 Å². The number of thioether (sulfide) groups is 1. The lowest BCUT2D eigenvalue weighted by Gasteiger charge is -2.22. The minimum absolute atomic E-state index is 0.0592. The fourth-order valence-electron chi connectivity index (χ4n) is 2.74. The van der Waals surface area contributed by atoms with Crippen molar-refractivity contribution in [3.8, 4) is 0 Å². The molecule has 3 heterocycles. The summed E-state index contributed by atoms with van der Waals surface area (Å²) in [5.41, 5.74) is 1.34. The van der Waals surface area contributed by atoms with Crippen LogP contribution in [-0.2, 0) is 19.6 Å². The molecular formula is C17H13ClN4O5S2. The number of hydrogen-bond donors (Lipinski definition) is 1. The molecule has 1 aromatic heterocycles. The Morgan fingerprint density at radius 1 is 1.31 bits per heavy atom. The number of amides is 1. The Morgan fingerprint density at radius 2 is 2.14 bits per heavy atom. The number of aromatic nitrogens is 1. The van der Waals surface area contributed by atoms with Crippen LogP contribution in [0.25, 0.3) is 0 Å². The summed E-state index contributed by atoms with van der Waals surface area (Å²) in [7, 11) is -3.45. The van der Waals surface area contributed by atoms with E-state index in [-0.39, 0.29) is 16.5 Å². The first-order chi connectivity index (χ1) is 13.8. The van der Waals surface area contributed by atoms with Crippen LogP contribution in [0.15, 0.2) is 45.8 Å². The SMILES string of the molecule is O=C(COC(=O)c1ccc2c(c1)SC1=NS(=O)(=O)CCN12)Nc1cccnc1Cl. The standard InChI is InChI=1S/C17H13ClN4O5S2/c18-15-11(2-1-5-19-15)20-14(23)9-27-16(24)10-3-4-12-13(8-10)28-17-21-29(25,26)7-6-22(12)17/h1-5,8H,6-7,9H2,(H,20,23). The number of carbonyl (C=O) groups is 2. The number of nitrogens with zero attached hydrogens (tertiary/aromatic N) is 3. The van der Waals surface area contributed by atoms with Gasteiger partial charge in [0.25, 0.3) is 15.9 Å². The molecule has 2 aromatic rings. The maximum atomic E-state index is 12.3. The Labute approximate surface area is 175 Å². The van der Waals surface area contributed by atoms with E-state index >= 15 is 0 Å². The van der Waals surface area contributed by atoms with Crippen molar-refractivity contribution in [1.29, 1.82) is 0 Å². The highest BCUT2D eigenvalue weighted by Gasteiger charge is 2.33. The summed E-state index contributed by atoms with van der Waals surface area (Å²) < 4.78 is 32.2. The third-order valence-corrected chi connectivity index (χ3v) is 6.68. The normalized spacial score (nSPS) is 16.4. The van der Waals surface area contributed by atoms with Gasteiger partial charge < -0.3 is 15.0 Å². The number of halogens is 1. The summed E-state index contributed by atoms with van der Waals surface area (Å²) >= 11 is 7.03. The first-order valence-electron chi connectivity index (χ1n) is 8.32. The van der Waals surface area contributed by atoms with Gasteiger partial charge in [-0.3, -0.25) is 4.79 Å². The topological polar surface area (TPSA) is 118 Å². The maximum absolute atomic E-state index is 12.3. The second-order valence-electron chi connectivity index (χ2n) is 6.06. The summed E-state index contributed by atoms with van der Waals surface area (Å²) in [6.07, 6.45) is 1.48. The molecule has 2 aliphatic rings. The van der Waals surface area contributed by atoms with E-state index in [1.165, 1.54) is 18.0 Å². The van der Waals surface area contributed by atoms with Gasteiger partial charge in [-0.1, -0.05) is 11.6 Å². The minimum Gasteiger partial charge on any atom is -0.452 e. The number of benzene rings is 1. The number of amidine groups is 1. The molecule has 0 aliphatic carbocycles. The largest absolute Gasteiger partial charge is 0.452 e. The fourth-order valence-corrected chi connectivity index (χ4v) is 5.20. The van der Waals surface area contributed by atoms with Crippen molar-refractivity contribution in [2.24, 2.45) is 4.40 Å². The molecule has 1 N–H and O–H groups in total. The van der Waals surface area contributed by atoms with Crippen molar-refractivity contribution in [3.63, 3.8) is 0 Å². The zero-order chi connectivity index (χ0) is 20.6. The van der Waals surface area contributed by atoms with E-state index in [0.29, 0.717) is 22.3 Å². The van der Waals surface area contributed by atoms with E-state index < -0.39 is 28.5 Å². The Hall–Kier alpha value is -2.63. The Kier molecular flexibility index (Phi) is 5.19. The molecule has 0 radical (unpaired) electrons. The average molecular weight is 453 g/mol.